The molecule has 2 aromatic carbocycles. The summed E-state index contributed by atoms with van der Waals surface area (Å²) in [6, 6.07) is 8.69. The predicted octanol–water partition coefficient (Wildman–Crippen LogP) is 2.48. The molecule has 88 valence electrons. The second kappa shape index (κ2) is 4.33. The number of rotatable bonds is 2. The van der Waals surface area contributed by atoms with Gasteiger partial charge in [0.1, 0.15) is 5.75 Å². The number of fused-ring (bicyclic) bond motifs is 1. The fraction of sp³-hybridized carbons (Fsp3) is 0.154. The number of methoxy groups -OCH3 is 1. The Kier molecular flexibility index (Phi) is 2.87. The summed E-state index contributed by atoms with van der Waals surface area (Å²) in [5.74, 6) is 0.108. The minimum absolute atomic E-state index is 0.0587. The highest BCUT2D eigenvalue weighted by atomic mass is 16.5. The van der Waals surface area contributed by atoms with Gasteiger partial charge >= 0.3 is 5.97 Å². The molecule has 0 atom stereocenters. The van der Waals surface area contributed by atoms with Gasteiger partial charge in [-0.15, -0.1) is 0 Å². The third kappa shape index (κ3) is 2.01. The molecule has 0 aliphatic carbocycles. The van der Waals surface area contributed by atoms with Gasteiger partial charge in [-0.2, -0.15) is 0 Å². The summed E-state index contributed by atoms with van der Waals surface area (Å²) in [7, 11) is 1.52. The van der Waals surface area contributed by atoms with E-state index in [-0.39, 0.29) is 11.5 Å². The Labute approximate surface area is 98.4 Å². The third-order valence-electron chi connectivity index (χ3n) is 2.42. The van der Waals surface area contributed by atoms with Crippen molar-refractivity contribution in [1.29, 1.82) is 0 Å². The first-order valence-electron chi connectivity index (χ1n) is 5.10. The number of ether oxygens (including phenoxy) is 2. The van der Waals surface area contributed by atoms with Gasteiger partial charge in [-0.25, -0.2) is 0 Å². The minimum atomic E-state index is -0.488. The van der Waals surface area contributed by atoms with E-state index in [2.05, 4.69) is 0 Å². The first-order chi connectivity index (χ1) is 8.13. The molecule has 0 fully saturated rings. The topological polar surface area (TPSA) is 55.8 Å². The van der Waals surface area contributed by atoms with Crippen LogP contribution in [-0.4, -0.2) is 18.2 Å². The van der Waals surface area contributed by atoms with Gasteiger partial charge in [0.2, 0.25) is 0 Å². The van der Waals surface area contributed by atoms with Crippen molar-refractivity contribution in [3.8, 4) is 17.2 Å². The molecule has 0 saturated heterocycles. The molecule has 0 spiro atoms. The first-order valence-corrected chi connectivity index (χ1v) is 5.10. The Balaban J connectivity index is 2.71. The average Bonchev–Trinajstić information content (AvgIpc) is 2.32. The van der Waals surface area contributed by atoms with Crippen molar-refractivity contribution in [2.24, 2.45) is 0 Å². The average molecular weight is 232 g/mol. The summed E-state index contributed by atoms with van der Waals surface area (Å²) >= 11 is 0. The molecule has 0 unspecified atom stereocenters. The Morgan fingerprint density at radius 3 is 2.41 bits per heavy atom. The van der Waals surface area contributed by atoms with Crippen molar-refractivity contribution >= 4 is 16.7 Å². The molecule has 0 aliphatic rings. The molecule has 2 rings (SSSR count). The summed E-state index contributed by atoms with van der Waals surface area (Å²) in [6.45, 7) is 1.28. The van der Waals surface area contributed by atoms with Gasteiger partial charge in [0.05, 0.1) is 7.11 Å². The molecule has 17 heavy (non-hydrogen) atoms. The lowest BCUT2D eigenvalue weighted by Gasteiger charge is -2.11. The summed E-state index contributed by atoms with van der Waals surface area (Å²) in [6.07, 6.45) is 0. The maximum atomic E-state index is 10.9. The molecule has 4 nitrogen and oxygen atoms in total. The summed E-state index contributed by atoms with van der Waals surface area (Å²) in [5.41, 5.74) is 0. The largest absolute Gasteiger partial charge is 0.504 e. The van der Waals surface area contributed by atoms with Crippen LogP contribution in [0.3, 0.4) is 0 Å². The second-order valence-electron chi connectivity index (χ2n) is 3.56. The number of carbonyl (C=O) groups is 1. The van der Waals surface area contributed by atoms with Crippen LogP contribution in [0.1, 0.15) is 6.92 Å². The lowest BCUT2D eigenvalue weighted by Crippen LogP contribution is -2.02. The van der Waals surface area contributed by atoms with Crippen LogP contribution in [0, 0.1) is 0 Å². The molecule has 0 amide bonds. The fourth-order valence-corrected chi connectivity index (χ4v) is 1.70. The number of aromatic hydroxyl groups is 1. The van der Waals surface area contributed by atoms with Crippen molar-refractivity contribution < 1.29 is 19.4 Å². The minimum Gasteiger partial charge on any atom is -0.504 e. The van der Waals surface area contributed by atoms with Crippen molar-refractivity contribution in [1.82, 2.24) is 0 Å². The van der Waals surface area contributed by atoms with Crippen LogP contribution in [0.15, 0.2) is 30.3 Å². The number of carbonyl (C=O) groups excluding carboxylic acids is 1. The van der Waals surface area contributed by atoms with E-state index >= 15 is 0 Å². The molecule has 0 saturated carbocycles. The lowest BCUT2D eigenvalue weighted by atomic mass is 10.1. The van der Waals surface area contributed by atoms with Gasteiger partial charge in [0.25, 0.3) is 0 Å². The van der Waals surface area contributed by atoms with E-state index in [1.807, 2.05) is 12.1 Å². The number of hydrogen-bond acceptors (Lipinski definition) is 4. The predicted molar refractivity (Wildman–Crippen MR) is 63.5 cm³/mol. The molecule has 0 radical (unpaired) electrons. The van der Waals surface area contributed by atoms with Crippen molar-refractivity contribution in [3.05, 3.63) is 30.3 Å². The van der Waals surface area contributed by atoms with Gasteiger partial charge in [-0.05, 0) is 0 Å². The Morgan fingerprint density at radius 2 is 1.82 bits per heavy atom. The van der Waals surface area contributed by atoms with Crippen LogP contribution in [0.5, 0.6) is 17.2 Å². The van der Waals surface area contributed by atoms with Crippen molar-refractivity contribution in [2.45, 2.75) is 6.92 Å². The van der Waals surface area contributed by atoms with Crippen LogP contribution in [0.25, 0.3) is 10.8 Å². The molecule has 2 aromatic rings. The maximum absolute atomic E-state index is 10.9. The number of benzene rings is 2. The molecule has 0 bridgehead atoms. The van der Waals surface area contributed by atoms with Gasteiger partial charge in [-0.3, -0.25) is 4.79 Å². The Bertz CT molecular complexity index is 575. The zero-order chi connectivity index (χ0) is 12.4. The molecule has 4 heteroatoms. The SMILES string of the molecule is COc1cc(OC(C)=O)c(O)c2ccccc12. The molecule has 0 heterocycles. The lowest BCUT2D eigenvalue weighted by molar-refractivity contribution is -0.132. The van der Waals surface area contributed by atoms with Crippen LogP contribution in [0.4, 0.5) is 0 Å². The molecule has 0 aliphatic heterocycles. The normalized spacial score (nSPS) is 10.2. The molecule has 1 N–H and O–H groups in total. The number of esters is 1. The number of phenols is 1. The first kappa shape index (κ1) is 11.3. The summed E-state index contributed by atoms with van der Waals surface area (Å²) < 4.78 is 10.1. The summed E-state index contributed by atoms with van der Waals surface area (Å²) in [4.78, 5) is 10.9. The van der Waals surface area contributed by atoms with E-state index < -0.39 is 5.97 Å². The quantitative estimate of drug-likeness (QED) is 0.638. The highest BCUT2D eigenvalue weighted by Crippen LogP contribution is 2.40. The van der Waals surface area contributed by atoms with Gasteiger partial charge < -0.3 is 14.6 Å². The van der Waals surface area contributed by atoms with E-state index in [4.69, 9.17) is 9.47 Å². The van der Waals surface area contributed by atoms with Gasteiger partial charge in [0.15, 0.2) is 11.5 Å². The highest BCUT2D eigenvalue weighted by molar-refractivity contribution is 5.95. The smallest absolute Gasteiger partial charge is 0.308 e. The Morgan fingerprint density at radius 1 is 1.18 bits per heavy atom. The van der Waals surface area contributed by atoms with Crippen molar-refractivity contribution in [3.63, 3.8) is 0 Å². The second-order valence-corrected chi connectivity index (χ2v) is 3.56. The van der Waals surface area contributed by atoms with Crippen molar-refractivity contribution in [2.75, 3.05) is 7.11 Å². The monoisotopic (exact) mass is 232 g/mol. The van der Waals surface area contributed by atoms with Gasteiger partial charge in [-0.1, -0.05) is 24.3 Å². The molecular formula is C13H12O4. The summed E-state index contributed by atoms with van der Waals surface area (Å²) in [5, 5.41) is 11.3. The Hall–Kier alpha value is -2.23. The standard InChI is InChI=1S/C13H12O4/c1-8(14)17-12-7-11(16-2)9-5-3-4-6-10(9)13(12)15/h3-7,15H,1-2H3. The van der Waals surface area contributed by atoms with Crippen LogP contribution < -0.4 is 9.47 Å². The number of hydrogen-bond donors (Lipinski definition) is 1. The zero-order valence-electron chi connectivity index (χ0n) is 9.56. The van der Waals surface area contributed by atoms with Gasteiger partial charge in [0, 0.05) is 23.8 Å². The molecular weight excluding hydrogens is 220 g/mol. The van der Waals surface area contributed by atoms with Crippen LogP contribution in [0.2, 0.25) is 0 Å². The maximum Gasteiger partial charge on any atom is 0.308 e. The van der Waals surface area contributed by atoms with E-state index in [0.717, 1.165) is 5.39 Å². The van der Waals surface area contributed by atoms with E-state index in [1.54, 1.807) is 12.1 Å². The highest BCUT2D eigenvalue weighted by Gasteiger charge is 2.13. The fourth-order valence-electron chi connectivity index (χ4n) is 1.70. The third-order valence-corrected chi connectivity index (χ3v) is 2.42. The van der Waals surface area contributed by atoms with E-state index in [0.29, 0.717) is 11.1 Å². The van der Waals surface area contributed by atoms with Crippen LogP contribution in [-0.2, 0) is 4.79 Å². The number of phenolic OH excluding ortho intramolecular Hbond substituents is 1. The van der Waals surface area contributed by atoms with Crippen LogP contribution >= 0.6 is 0 Å². The van der Waals surface area contributed by atoms with E-state index in [9.17, 15) is 9.90 Å². The zero-order valence-corrected chi connectivity index (χ0v) is 9.56. The molecule has 0 aromatic heterocycles. The van der Waals surface area contributed by atoms with E-state index in [1.165, 1.54) is 20.1 Å².